The Hall–Kier alpha value is -2.63. The Kier molecular flexibility index (Phi) is 4.88. The quantitative estimate of drug-likeness (QED) is 0.846. The lowest BCUT2D eigenvalue weighted by Crippen LogP contribution is -2.45. The van der Waals surface area contributed by atoms with E-state index in [0.29, 0.717) is 12.1 Å². The van der Waals surface area contributed by atoms with E-state index in [9.17, 15) is 14.7 Å². The van der Waals surface area contributed by atoms with Crippen LogP contribution in [0.3, 0.4) is 0 Å². The van der Waals surface area contributed by atoms with Crippen LogP contribution in [0.5, 0.6) is 0 Å². The van der Waals surface area contributed by atoms with E-state index in [1.807, 2.05) is 48.9 Å². The molecule has 1 aliphatic carbocycles. The van der Waals surface area contributed by atoms with E-state index in [2.05, 4.69) is 10.4 Å². The fraction of sp³-hybridized carbons (Fsp3) is 0.421. The van der Waals surface area contributed by atoms with Gasteiger partial charge in [0.2, 0.25) is 0 Å². The van der Waals surface area contributed by atoms with Crippen LogP contribution in [0.2, 0.25) is 0 Å². The van der Waals surface area contributed by atoms with Crippen molar-refractivity contribution in [1.82, 2.24) is 15.1 Å². The Morgan fingerprint density at radius 3 is 2.64 bits per heavy atom. The monoisotopic (exact) mass is 341 g/mol. The Morgan fingerprint density at radius 1 is 1.28 bits per heavy atom. The maximum Gasteiger partial charge on any atom is 0.326 e. The number of rotatable bonds is 6. The van der Waals surface area contributed by atoms with Gasteiger partial charge in [-0.15, -0.1) is 0 Å². The minimum Gasteiger partial charge on any atom is -0.480 e. The van der Waals surface area contributed by atoms with Gasteiger partial charge < -0.3 is 10.4 Å². The number of benzene rings is 1. The van der Waals surface area contributed by atoms with Crippen LogP contribution in [0.1, 0.15) is 48.4 Å². The number of carbonyl (C=O) groups is 2. The number of carboxylic acids is 1. The predicted molar refractivity (Wildman–Crippen MR) is 93.9 cm³/mol. The largest absolute Gasteiger partial charge is 0.480 e. The second-order valence-corrected chi connectivity index (χ2v) is 6.55. The fourth-order valence-electron chi connectivity index (χ4n) is 3.30. The number of hydrogen-bond donors (Lipinski definition) is 2. The second kappa shape index (κ2) is 7.09. The molecule has 1 aromatic heterocycles. The van der Waals surface area contributed by atoms with Gasteiger partial charge >= 0.3 is 5.97 Å². The Morgan fingerprint density at radius 2 is 2.00 bits per heavy atom. The maximum atomic E-state index is 12.7. The molecule has 2 atom stereocenters. The van der Waals surface area contributed by atoms with Crippen LogP contribution in [0.4, 0.5) is 0 Å². The highest BCUT2D eigenvalue weighted by Crippen LogP contribution is 2.28. The van der Waals surface area contributed by atoms with Crippen molar-refractivity contribution >= 4 is 11.9 Å². The molecule has 0 bridgehead atoms. The van der Waals surface area contributed by atoms with Gasteiger partial charge in [-0.05, 0) is 37.3 Å². The standard InChI is InChI=1S/C19H23N3O3/c1-3-12(2)16(19(24)25)20-18(23)17-14-10-7-11-15(14)22(21-17)13-8-5-4-6-9-13/h4-6,8-9,12,16H,3,7,10-11H2,1-2H3,(H,20,23)(H,24,25). The molecule has 0 aliphatic heterocycles. The lowest BCUT2D eigenvalue weighted by atomic mass is 9.99. The Labute approximate surface area is 146 Å². The average Bonchev–Trinajstić information content (AvgIpc) is 3.21. The summed E-state index contributed by atoms with van der Waals surface area (Å²) in [6.45, 7) is 3.74. The first-order valence-corrected chi connectivity index (χ1v) is 8.72. The molecule has 2 N–H and O–H groups in total. The highest BCUT2D eigenvalue weighted by molar-refractivity contribution is 5.96. The minimum absolute atomic E-state index is 0.147. The molecular weight excluding hydrogens is 318 g/mol. The van der Waals surface area contributed by atoms with Crippen LogP contribution in [0, 0.1) is 5.92 Å². The van der Waals surface area contributed by atoms with Crippen molar-refractivity contribution in [2.45, 2.75) is 45.6 Å². The maximum absolute atomic E-state index is 12.7. The summed E-state index contributed by atoms with van der Waals surface area (Å²) in [5, 5.41) is 16.6. The van der Waals surface area contributed by atoms with Gasteiger partial charge in [-0.2, -0.15) is 5.10 Å². The average molecular weight is 341 g/mol. The van der Waals surface area contributed by atoms with Crippen LogP contribution in [-0.2, 0) is 17.6 Å². The molecule has 25 heavy (non-hydrogen) atoms. The molecule has 1 aromatic carbocycles. The fourth-order valence-corrected chi connectivity index (χ4v) is 3.30. The summed E-state index contributed by atoms with van der Waals surface area (Å²) in [5.74, 6) is -1.56. The second-order valence-electron chi connectivity index (χ2n) is 6.55. The molecule has 0 saturated heterocycles. The van der Waals surface area contributed by atoms with E-state index in [1.54, 1.807) is 0 Å². The molecule has 0 saturated carbocycles. The smallest absolute Gasteiger partial charge is 0.326 e. The zero-order chi connectivity index (χ0) is 18.0. The van der Waals surface area contributed by atoms with Crippen LogP contribution >= 0.6 is 0 Å². The summed E-state index contributed by atoms with van der Waals surface area (Å²) < 4.78 is 1.82. The first kappa shape index (κ1) is 17.2. The van der Waals surface area contributed by atoms with Crippen LogP contribution in [0.25, 0.3) is 5.69 Å². The molecule has 6 heteroatoms. The third-order valence-corrected chi connectivity index (χ3v) is 4.91. The number of nitrogens with zero attached hydrogens (tertiary/aromatic N) is 2. The zero-order valence-electron chi connectivity index (χ0n) is 14.5. The third kappa shape index (κ3) is 3.29. The molecule has 0 fully saturated rings. The zero-order valence-corrected chi connectivity index (χ0v) is 14.5. The van der Waals surface area contributed by atoms with Crippen molar-refractivity contribution in [2.24, 2.45) is 5.92 Å². The Bertz CT molecular complexity index is 783. The number of hydrogen-bond acceptors (Lipinski definition) is 3. The van der Waals surface area contributed by atoms with E-state index in [4.69, 9.17) is 0 Å². The molecule has 0 spiro atoms. The van der Waals surface area contributed by atoms with Crippen molar-refractivity contribution in [3.8, 4) is 5.69 Å². The van der Waals surface area contributed by atoms with Gasteiger partial charge in [0.15, 0.2) is 5.69 Å². The molecule has 1 heterocycles. The normalized spacial score (nSPS) is 15.4. The van der Waals surface area contributed by atoms with E-state index in [1.165, 1.54) is 0 Å². The predicted octanol–water partition coefficient (Wildman–Crippen LogP) is 2.59. The lowest BCUT2D eigenvalue weighted by molar-refractivity contribution is -0.140. The summed E-state index contributed by atoms with van der Waals surface area (Å²) in [7, 11) is 0. The first-order chi connectivity index (χ1) is 12.0. The van der Waals surface area contributed by atoms with E-state index >= 15 is 0 Å². The molecule has 132 valence electrons. The number of carbonyl (C=O) groups excluding carboxylic acids is 1. The molecule has 3 rings (SSSR count). The van der Waals surface area contributed by atoms with Crippen molar-refractivity contribution in [2.75, 3.05) is 0 Å². The van der Waals surface area contributed by atoms with Gasteiger partial charge in [-0.1, -0.05) is 38.5 Å². The van der Waals surface area contributed by atoms with Crippen molar-refractivity contribution < 1.29 is 14.7 Å². The molecule has 2 aromatic rings. The van der Waals surface area contributed by atoms with Crippen molar-refractivity contribution in [3.05, 3.63) is 47.3 Å². The van der Waals surface area contributed by atoms with E-state index in [-0.39, 0.29) is 5.92 Å². The number of aromatic nitrogens is 2. The van der Waals surface area contributed by atoms with Crippen molar-refractivity contribution in [1.29, 1.82) is 0 Å². The summed E-state index contributed by atoms with van der Waals surface area (Å²) in [6.07, 6.45) is 3.33. The molecular formula is C19H23N3O3. The van der Waals surface area contributed by atoms with Gasteiger partial charge in [-0.25, -0.2) is 9.48 Å². The third-order valence-electron chi connectivity index (χ3n) is 4.91. The molecule has 6 nitrogen and oxygen atoms in total. The van der Waals surface area contributed by atoms with Gasteiger partial charge in [0.05, 0.1) is 5.69 Å². The van der Waals surface area contributed by atoms with Gasteiger partial charge in [0.25, 0.3) is 5.91 Å². The summed E-state index contributed by atoms with van der Waals surface area (Å²) in [4.78, 5) is 24.2. The van der Waals surface area contributed by atoms with Crippen LogP contribution in [0.15, 0.2) is 30.3 Å². The topological polar surface area (TPSA) is 84.2 Å². The summed E-state index contributed by atoms with van der Waals surface area (Å²) >= 11 is 0. The highest BCUT2D eigenvalue weighted by atomic mass is 16.4. The lowest BCUT2D eigenvalue weighted by Gasteiger charge is -2.19. The number of nitrogens with one attached hydrogen (secondary N) is 1. The minimum atomic E-state index is -1.01. The van der Waals surface area contributed by atoms with Crippen LogP contribution < -0.4 is 5.32 Å². The number of fused-ring (bicyclic) bond motifs is 1. The van der Waals surface area contributed by atoms with E-state index < -0.39 is 17.9 Å². The van der Waals surface area contributed by atoms with Crippen LogP contribution in [-0.4, -0.2) is 32.8 Å². The number of carboxylic acid groups (broad SMARTS) is 1. The first-order valence-electron chi connectivity index (χ1n) is 8.72. The molecule has 2 unspecified atom stereocenters. The van der Waals surface area contributed by atoms with Gasteiger partial charge in [0.1, 0.15) is 6.04 Å². The van der Waals surface area contributed by atoms with Crippen molar-refractivity contribution in [3.63, 3.8) is 0 Å². The SMILES string of the molecule is CCC(C)C(NC(=O)c1nn(-c2ccccc2)c2c1CCC2)C(=O)O. The van der Waals surface area contributed by atoms with E-state index in [0.717, 1.165) is 36.2 Å². The number of aliphatic carboxylic acids is 1. The number of para-hydroxylation sites is 1. The summed E-state index contributed by atoms with van der Waals surface area (Å²) in [6, 6.07) is 8.79. The Balaban J connectivity index is 1.93. The van der Waals surface area contributed by atoms with Gasteiger partial charge in [0, 0.05) is 11.3 Å². The number of amides is 1. The molecule has 1 amide bonds. The summed E-state index contributed by atoms with van der Waals surface area (Å²) in [5.41, 5.74) is 3.25. The van der Waals surface area contributed by atoms with Gasteiger partial charge in [-0.3, -0.25) is 4.79 Å². The molecule has 0 radical (unpaired) electrons. The molecule has 1 aliphatic rings. The highest BCUT2D eigenvalue weighted by Gasteiger charge is 2.31.